The van der Waals surface area contributed by atoms with Crippen LogP contribution in [0.5, 0.6) is 5.75 Å². The number of nitrogens with one attached hydrogen (secondary N) is 1. The van der Waals surface area contributed by atoms with Crippen molar-refractivity contribution in [3.8, 4) is 5.75 Å². The first-order valence-corrected chi connectivity index (χ1v) is 12.3. The van der Waals surface area contributed by atoms with Crippen LogP contribution in [0.25, 0.3) is 0 Å². The molecule has 218 valence electrons. The maximum Gasteiger partial charge on any atom is 0.303 e. The number of benzene rings is 2. The fourth-order valence-electron chi connectivity index (χ4n) is 4.11. The fraction of sp³-hybridized carbons (Fsp3) is 0.370. The van der Waals surface area contributed by atoms with E-state index in [0.29, 0.717) is 0 Å². The normalized spacial score (nSPS) is 21.6. The highest BCUT2D eigenvalue weighted by atomic mass is 16.7. The lowest BCUT2D eigenvalue weighted by Gasteiger charge is -2.44. The zero-order valence-corrected chi connectivity index (χ0v) is 22.6. The van der Waals surface area contributed by atoms with Crippen LogP contribution in [-0.4, -0.2) is 71.8 Å². The molecule has 14 nitrogen and oxygen atoms in total. The molecule has 1 aliphatic rings. The van der Waals surface area contributed by atoms with Crippen molar-refractivity contribution in [2.75, 3.05) is 6.61 Å². The molecule has 0 saturated carbocycles. The van der Waals surface area contributed by atoms with Crippen LogP contribution in [0, 0.1) is 10.1 Å². The number of rotatable bonds is 10. The molecule has 0 aromatic heterocycles. The summed E-state index contributed by atoms with van der Waals surface area (Å²) in [4.78, 5) is 70.5. The number of carbonyl (C=O) groups excluding carboxylic acids is 5. The Kier molecular flexibility index (Phi) is 10.1. The Balaban J connectivity index is 1.89. The van der Waals surface area contributed by atoms with Crippen LogP contribution in [0.3, 0.4) is 0 Å². The van der Waals surface area contributed by atoms with E-state index in [1.54, 1.807) is 0 Å². The van der Waals surface area contributed by atoms with E-state index < -0.39 is 65.2 Å². The Morgan fingerprint density at radius 1 is 0.829 bits per heavy atom. The predicted octanol–water partition coefficient (Wildman–Crippen LogP) is 1.86. The van der Waals surface area contributed by atoms with Gasteiger partial charge in [-0.05, 0) is 36.4 Å². The van der Waals surface area contributed by atoms with E-state index in [1.807, 2.05) is 0 Å². The SMILES string of the molecule is CC(=O)N[C@H]1[C@H](Oc2ccc(C(=O)c3ccc([N+](=O)[O-])cc3)cc2)O[C@H](COC(C)=O)[C@@H](OC(C)=O)[C@@H]1OC(C)=O. The van der Waals surface area contributed by atoms with Crippen molar-refractivity contribution >= 4 is 35.3 Å². The molecule has 0 bridgehead atoms. The average Bonchev–Trinajstić information content (AvgIpc) is 2.90. The summed E-state index contributed by atoms with van der Waals surface area (Å²) in [5.41, 5.74) is 0.343. The quantitative estimate of drug-likeness (QED) is 0.143. The van der Waals surface area contributed by atoms with Gasteiger partial charge >= 0.3 is 17.9 Å². The molecule has 1 heterocycles. The summed E-state index contributed by atoms with van der Waals surface area (Å²) in [6.45, 7) is 4.25. The molecule has 2 aromatic carbocycles. The average molecular weight is 573 g/mol. The van der Waals surface area contributed by atoms with Gasteiger partial charge in [0, 0.05) is 51.0 Å². The molecule has 0 spiro atoms. The summed E-state index contributed by atoms with van der Waals surface area (Å²) in [6.07, 6.45) is -5.03. The lowest BCUT2D eigenvalue weighted by Crippen LogP contribution is -2.67. The van der Waals surface area contributed by atoms with E-state index >= 15 is 0 Å². The number of carbonyl (C=O) groups is 5. The highest BCUT2D eigenvalue weighted by Crippen LogP contribution is 2.29. The third kappa shape index (κ3) is 8.32. The van der Waals surface area contributed by atoms with Crippen LogP contribution in [0.15, 0.2) is 48.5 Å². The Hall–Kier alpha value is -4.85. The van der Waals surface area contributed by atoms with Crippen LogP contribution < -0.4 is 10.1 Å². The van der Waals surface area contributed by atoms with Crippen LogP contribution in [0.2, 0.25) is 0 Å². The number of hydrogen-bond donors (Lipinski definition) is 1. The lowest BCUT2D eigenvalue weighted by atomic mass is 9.96. The molecule has 5 atom stereocenters. The van der Waals surface area contributed by atoms with Gasteiger partial charge in [-0.1, -0.05) is 0 Å². The van der Waals surface area contributed by atoms with Crippen molar-refractivity contribution in [3.05, 3.63) is 69.8 Å². The minimum absolute atomic E-state index is 0.151. The minimum atomic E-state index is -1.33. The topological polar surface area (TPSA) is 187 Å². The number of amides is 1. The van der Waals surface area contributed by atoms with Crippen molar-refractivity contribution in [1.29, 1.82) is 0 Å². The van der Waals surface area contributed by atoms with Crippen molar-refractivity contribution < 1.29 is 52.6 Å². The van der Waals surface area contributed by atoms with E-state index in [9.17, 15) is 34.1 Å². The third-order valence-corrected chi connectivity index (χ3v) is 5.78. The molecule has 0 radical (unpaired) electrons. The van der Waals surface area contributed by atoms with Gasteiger partial charge in [-0.3, -0.25) is 34.1 Å². The number of ether oxygens (including phenoxy) is 5. The third-order valence-electron chi connectivity index (χ3n) is 5.78. The number of nitro benzene ring substituents is 1. The Morgan fingerprint density at radius 2 is 1.37 bits per heavy atom. The number of hydrogen-bond acceptors (Lipinski definition) is 12. The van der Waals surface area contributed by atoms with Crippen LogP contribution in [0.1, 0.15) is 43.6 Å². The second-order valence-electron chi connectivity index (χ2n) is 9.00. The van der Waals surface area contributed by atoms with Gasteiger partial charge in [0.05, 0.1) is 4.92 Å². The van der Waals surface area contributed by atoms with Gasteiger partial charge in [0.25, 0.3) is 5.69 Å². The van der Waals surface area contributed by atoms with Gasteiger partial charge in [0.1, 0.15) is 24.5 Å². The van der Waals surface area contributed by atoms with E-state index in [4.69, 9.17) is 23.7 Å². The number of ketones is 1. The maximum atomic E-state index is 12.8. The van der Waals surface area contributed by atoms with Crippen molar-refractivity contribution in [3.63, 3.8) is 0 Å². The van der Waals surface area contributed by atoms with E-state index in [0.717, 1.165) is 13.8 Å². The summed E-state index contributed by atoms with van der Waals surface area (Å²) < 4.78 is 27.7. The first-order chi connectivity index (χ1) is 19.3. The molecular weight excluding hydrogens is 544 g/mol. The summed E-state index contributed by atoms with van der Waals surface area (Å²) >= 11 is 0. The summed E-state index contributed by atoms with van der Waals surface area (Å²) in [5.74, 6) is -2.87. The van der Waals surface area contributed by atoms with Crippen LogP contribution >= 0.6 is 0 Å². The Bertz CT molecular complexity index is 1310. The summed E-state index contributed by atoms with van der Waals surface area (Å²) in [7, 11) is 0. The zero-order valence-electron chi connectivity index (χ0n) is 22.6. The summed E-state index contributed by atoms with van der Waals surface area (Å²) in [5, 5.41) is 13.5. The van der Waals surface area contributed by atoms with Crippen molar-refractivity contribution in [2.45, 2.75) is 58.3 Å². The van der Waals surface area contributed by atoms with Gasteiger partial charge in [-0.25, -0.2) is 0 Å². The minimum Gasteiger partial charge on any atom is -0.463 e. The Labute approximate surface area is 234 Å². The highest BCUT2D eigenvalue weighted by Gasteiger charge is 2.52. The van der Waals surface area contributed by atoms with Gasteiger partial charge in [-0.15, -0.1) is 0 Å². The van der Waals surface area contributed by atoms with E-state index in [2.05, 4.69) is 5.32 Å². The van der Waals surface area contributed by atoms with Crippen molar-refractivity contribution in [2.24, 2.45) is 0 Å². The fourth-order valence-corrected chi connectivity index (χ4v) is 4.11. The van der Waals surface area contributed by atoms with Crippen molar-refractivity contribution in [1.82, 2.24) is 5.32 Å². The second-order valence-corrected chi connectivity index (χ2v) is 9.00. The molecular formula is C27H28N2O12. The molecule has 0 aliphatic carbocycles. The molecule has 1 aliphatic heterocycles. The molecule has 1 N–H and O–H groups in total. The smallest absolute Gasteiger partial charge is 0.303 e. The first kappa shape index (κ1) is 30.7. The molecule has 41 heavy (non-hydrogen) atoms. The number of non-ortho nitro benzene ring substituents is 1. The van der Waals surface area contributed by atoms with Gasteiger partial charge in [0.2, 0.25) is 12.2 Å². The number of nitro groups is 1. The van der Waals surface area contributed by atoms with Gasteiger partial charge < -0.3 is 29.0 Å². The molecule has 0 unspecified atom stereocenters. The molecule has 3 rings (SSSR count). The monoisotopic (exact) mass is 572 g/mol. The molecule has 2 aromatic rings. The number of nitrogens with zero attached hydrogens (tertiary/aromatic N) is 1. The predicted molar refractivity (Wildman–Crippen MR) is 138 cm³/mol. The standard InChI is InChI=1S/C27H28N2O12/c1-14(30)28-23-26(39-17(4)33)25(38-16(3)32)22(13-37-15(2)31)41-27(23)40-21-11-7-19(8-12-21)24(34)18-5-9-20(10-6-18)29(35)36/h5-12,22-23,25-27H,13H2,1-4H3,(H,28,30)/t22-,23-,25-,26-,27-/m1/s1. The number of esters is 3. The molecule has 1 amide bonds. The first-order valence-electron chi connectivity index (χ1n) is 12.3. The Morgan fingerprint density at radius 3 is 1.85 bits per heavy atom. The highest BCUT2D eigenvalue weighted by molar-refractivity contribution is 6.09. The summed E-state index contributed by atoms with van der Waals surface area (Å²) in [6, 6.07) is 9.78. The molecule has 14 heteroatoms. The zero-order chi connectivity index (χ0) is 30.3. The van der Waals surface area contributed by atoms with E-state index in [-0.39, 0.29) is 29.2 Å². The van der Waals surface area contributed by atoms with Crippen LogP contribution in [0.4, 0.5) is 5.69 Å². The lowest BCUT2D eigenvalue weighted by molar-refractivity contribution is -0.384. The van der Waals surface area contributed by atoms with Gasteiger partial charge in [0.15, 0.2) is 18.0 Å². The van der Waals surface area contributed by atoms with Crippen LogP contribution in [-0.2, 0) is 38.1 Å². The van der Waals surface area contributed by atoms with Gasteiger partial charge in [-0.2, -0.15) is 0 Å². The second kappa shape index (κ2) is 13.5. The maximum absolute atomic E-state index is 12.8. The largest absolute Gasteiger partial charge is 0.463 e. The molecule has 1 fully saturated rings. The van der Waals surface area contributed by atoms with E-state index in [1.165, 1.54) is 62.4 Å². The molecule has 1 saturated heterocycles.